The van der Waals surface area contributed by atoms with Crippen LogP contribution in [-0.2, 0) is 0 Å². The van der Waals surface area contributed by atoms with E-state index < -0.39 is 0 Å². The van der Waals surface area contributed by atoms with Gasteiger partial charge in [0.05, 0.1) is 0 Å². The van der Waals surface area contributed by atoms with E-state index in [1.807, 2.05) is 57.2 Å². The third kappa shape index (κ3) is 5.52. The lowest BCUT2D eigenvalue weighted by Crippen LogP contribution is -2.34. The van der Waals surface area contributed by atoms with Crippen molar-refractivity contribution in [2.45, 2.75) is 20.8 Å². The summed E-state index contributed by atoms with van der Waals surface area (Å²) in [6, 6.07) is 20.2. The van der Waals surface area contributed by atoms with Crippen LogP contribution in [0.1, 0.15) is 37.4 Å². The third-order valence-corrected chi connectivity index (χ3v) is 4.68. The molecule has 3 N–H and O–H groups in total. The summed E-state index contributed by atoms with van der Waals surface area (Å²) in [5.41, 5.74) is 5.37. The first-order valence-electron chi connectivity index (χ1n) is 9.49. The molecule has 3 rings (SSSR count). The van der Waals surface area contributed by atoms with Gasteiger partial charge in [-0.15, -0.1) is 0 Å². The van der Waals surface area contributed by atoms with Crippen molar-refractivity contribution in [3.05, 3.63) is 94.5 Å². The van der Waals surface area contributed by atoms with E-state index in [9.17, 15) is 9.59 Å². The molecule has 5 nitrogen and oxygen atoms in total. The van der Waals surface area contributed by atoms with Crippen LogP contribution in [0.15, 0.2) is 66.7 Å². The lowest BCUT2D eigenvalue weighted by molar-refractivity contribution is 0.0976. The smallest absolute Gasteiger partial charge is 0.257 e. The minimum Gasteiger partial charge on any atom is -0.332 e. The minimum atomic E-state index is -0.275. The van der Waals surface area contributed by atoms with E-state index in [1.165, 1.54) is 0 Å². The monoisotopic (exact) mass is 417 g/mol. The summed E-state index contributed by atoms with van der Waals surface area (Å²) in [7, 11) is 0. The number of hydrogen-bond donors (Lipinski definition) is 3. The highest BCUT2D eigenvalue weighted by molar-refractivity contribution is 7.80. The largest absolute Gasteiger partial charge is 0.332 e. The van der Waals surface area contributed by atoms with Crippen LogP contribution in [0.2, 0.25) is 0 Å². The molecule has 0 fully saturated rings. The molecule has 0 heterocycles. The van der Waals surface area contributed by atoms with Gasteiger partial charge in [-0.05, 0) is 75.0 Å². The molecule has 2 amide bonds. The van der Waals surface area contributed by atoms with E-state index in [4.69, 9.17) is 12.2 Å². The predicted octanol–water partition coefficient (Wildman–Crippen LogP) is 4.99. The Morgan fingerprint density at radius 2 is 1.37 bits per heavy atom. The Hall–Kier alpha value is -3.51. The fraction of sp³-hybridized carbons (Fsp3) is 0.125. The number of carbonyl (C=O) groups excluding carboxylic acids is 2. The van der Waals surface area contributed by atoms with Crippen molar-refractivity contribution in [3.8, 4) is 0 Å². The maximum atomic E-state index is 12.5. The highest BCUT2D eigenvalue weighted by Gasteiger charge is 2.11. The van der Waals surface area contributed by atoms with Crippen LogP contribution in [0.3, 0.4) is 0 Å². The molecule has 0 bridgehead atoms. The summed E-state index contributed by atoms with van der Waals surface area (Å²) < 4.78 is 0. The summed E-state index contributed by atoms with van der Waals surface area (Å²) in [5, 5.41) is 8.74. The second-order valence-corrected chi connectivity index (χ2v) is 7.54. The highest BCUT2D eigenvalue weighted by atomic mass is 32.1. The van der Waals surface area contributed by atoms with Gasteiger partial charge in [0.25, 0.3) is 11.8 Å². The average Bonchev–Trinajstić information content (AvgIpc) is 2.67. The van der Waals surface area contributed by atoms with Crippen molar-refractivity contribution in [2.75, 3.05) is 10.6 Å². The normalized spacial score (nSPS) is 10.2. The van der Waals surface area contributed by atoms with Crippen LogP contribution >= 0.6 is 12.2 Å². The Balaban J connectivity index is 1.64. The molecule has 3 aromatic rings. The average molecular weight is 418 g/mol. The molecule has 152 valence electrons. The first-order valence-corrected chi connectivity index (χ1v) is 9.90. The van der Waals surface area contributed by atoms with Crippen molar-refractivity contribution < 1.29 is 9.59 Å². The summed E-state index contributed by atoms with van der Waals surface area (Å²) in [4.78, 5) is 25.0. The van der Waals surface area contributed by atoms with Crippen LogP contribution in [0.4, 0.5) is 11.4 Å². The number of anilines is 2. The summed E-state index contributed by atoms with van der Waals surface area (Å²) in [6.45, 7) is 5.78. The van der Waals surface area contributed by atoms with Crippen LogP contribution < -0.4 is 16.0 Å². The molecule has 0 saturated carbocycles. The van der Waals surface area contributed by atoms with Gasteiger partial charge in [0.2, 0.25) is 0 Å². The third-order valence-electron chi connectivity index (χ3n) is 4.48. The van der Waals surface area contributed by atoms with Gasteiger partial charge < -0.3 is 10.6 Å². The first-order chi connectivity index (χ1) is 14.3. The molecule has 0 aliphatic rings. The van der Waals surface area contributed by atoms with Gasteiger partial charge in [-0.25, -0.2) is 0 Å². The van der Waals surface area contributed by atoms with Crippen LogP contribution in [0.25, 0.3) is 0 Å². The Kier molecular flexibility index (Phi) is 6.59. The number of aryl methyl sites for hydroxylation is 3. The van der Waals surface area contributed by atoms with Gasteiger partial charge in [-0.2, -0.15) is 0 Å². The minimum absolute atomic E-state index is 0.182. The van der Waals surface area contributed by atoms with Gasteiger partial charge in [0, 0.05) is 22.5 Å². The van der Waals surface area contributed by atoms with E-state index in [0.29, 0.717) is 22.5 Å². The Bertz CT molecular complexity index is 1100. The molecular weight excluding hydrogens is 394 g/mol. The molecule has 0 spiro atoms. The molecule has 0 aliphatic heterocycles. The van der Waals surface area contributed by atoms with Crippen LogP contribution in [0, 0.1) is 20.8 Å². The zero-order valence-electron chi connectivity index (χ0n) is 17.1. The maximum absolute atomic E-state index is 12.5. The van der Waals surface area contributed by atoms with E-state index in [0.717, 1.165) is 16.7 Å². The molecule has 0 radical (unpaired) electrons. The number of amides is 2. The Labute approximate surface area is 181 Å². The quantitative estimate of drug-likeness (QED) is 0.523. The van der Waals surface area contributed by atoms with Gasteiger partial charge in [-0.1, -0.05) is 41.5 Å². The lowest BCUT2D eigenvalue weighted by Gasteiger charge is -2.12. The predicted molar refractivity (Wildman–Crippen MR) is 125 cm³/mol. The first kappa shape index (κ1) is 21.2. The second kappa shape index (κ2) is 9.33. The fourth-order valence-electron chi connectivity index (χ4n) is 3.14. The van der Waals surface area contributed by atoms with Gasteiger partial charge in [-0.3, -0.25) is 14.9 Å². The topological polar surface area (TPSA) is 70.2 Å². The molecule has 6 heteroatoms. The number of rotatable bonds is 4. The van der Waals surface area contributed by atoms with E-state index in [2.05, 4.69) is 16.0 Å². The highest BCUT2D eigenvalue weighted by Crippen LogP contribution is 2.17. The molecule has 0 unspecified atom stereocenters. The number of benzene rings is 3. The molecule has 3 aromatic carbocycles. The van der Waals surface area contributed by atoms with E-state index in [-0.39, 0.29) is 16.9 Å². The number of thiocarbonyl (C=S) groups is 1. The zero-order chi connectivity index (χ0) is 21.7. The number of hydrogen-bond acceptors (Lipinski definition) is 3. The summed E-state index contributed by atoms with van der Waals surface area (Å²) in [5.74, 6) is -0.459. The van der Waals surface area contributed by atoms with Crippen molar-refractivity contribution in [1.29, 1.82) is 0 Å². The lowest BCUT2D eigenvalue weighted by atomic mass is 10.1. The molecule has 0 aromatic heterocycles. The van der Waals surface area contributed by atoms with Crippen LogP contribution in [0.5, 0.6) is 0 Å². The Morgan fingerprint density at radius 1 is 0.733 bits per heavy atom. The SMILES string of the molecule is Cc1cc(C)cc(C(=O)NC(=S)Nc2cccc(NC(=O)c3ccccc3C)c2)c1. The van der Waals surface area contributed by atoms with Gasteiger partial charge >= 0.3 is 0 Å². The zero-order valence-corrected chi connectivity index (χ0v) is 17.9. The molecule has 0 saturated heterocycles. The second-order valence-electron chi connectivity index (χ2n) is 7.13. The van der Waals surface area contributed by atoms with Crippen molar-refractivity contribution >= 4 is 40.5 Å². The number of carbonyl (C=O) groups is 2. The van der Waals surface area contributed by atoms with Gasteiger partial charge in [0.1, 0.15) is 0 Å². The van der Waals surface area contributed by atoms with Crippen molar-refractivity contribution in [1.82, 2.24) is 5.32 Å². The van der Waals surface area contributed by atoms with E-state index >= 15 is 0 Å². The molecular formula is C24H23N3O2S. The van der Waals surface area contributed by atoms with E-state index in [1.54, 1.807) is 30.3 Å². The standard InChI is InChI=1S/C24H23N3O2S/c1-15-11-16(2)13-18(12-15)22(28)27-24(30)26-20-9-6-8-19(14-20)25-23(29)21-10-5-4-7-17(21)3/h4-14H,1-3H3,(H,25,29)(H2,26,27,28,30). The molecule has 0 aliphatic carbocycles. The maximum Gasteiger partial charge on any atom is 0.257 e. The number of nitrogens with one attached hydrogen (secondary N) is 3. The summed E-state index contributed by atoms with van der Waals surface area (Å²) in [6.07, 6.45) is 0. The van der Waals surface area contributed by atoms with Crippen molar-refractivity contribution in [3.63, 3.8) is 0 Å². The van der Waals surface area contributed by atoms with Crippen LogP contribution in [-0.4, -0.2) is 16.9 Å². The fourth-order valence-corrected chi connectivity index (χ4v) is 3.35. The molecule has 0 atom stereocenters. The van der Waals surface area contributed by atoms with Crippen molar-refractivity contribution in [2.24, 2.45) is 0 Å². The molecule has 30 heavy (non-hydrogen) atoms. The van der Waals surface area contributed by atoms with Gasteiger partial charge in [0.15, 0.2) is 5.11 Å². The summed E-state index contributed by atoms with van der Waals surface area (Å²) >= 11 is 5.27. The Morgan fingerprint density at radius 3 is 2.03 bits per heavy atom.